The number of benzene rings is 2. The maximum absolute atomic E-state index is 12.9. The topological polar surface area (TPSA) is 29.4 Å². The Balaban J connectivity index is 2.37. The van der Waals surface area contributed by atoms with Crippen LogP contribution >= 0.6 is 0 Å². The second kappa shape index (κ2) is 4.06. The fourth-order valence-electron chi connectivity index (χ4n) is 2.07. The third-order valence-electron chi connectivity index (χ3n) is 2.87. The minimum atomic E-state index is -0.306. The van der Waals surface area contributed by atoms with Gasteiger partial charge < -0.3 is 0 Å². The molecule has 2 aromatic carbocycles. The van der Waals surface area contributed by atoms with Gasteiger partial charge in [-0.3, -0.25) is 0 Å². The molecule has 0 radical (unpaired) electrons. The number of para-hydroxylation sites is 1. The largest absolute Gasteiger partial charge is 0.236 e. The number of hydrogen-bond acceptors (Lipinski definition) is 2. The Bertz CT molecular complexity index is 784. The molecular formula is C15H8FNO. The number of carbonyl (C=O) groups excluding carboxylic acids is 1. The first-order valence-electron chi connectivity index (χ1n) is 5.49. The molecule has 0 aromatic heterocycles. The highest BCUT2D eigenvalue weighted by Gasteiger charge is 2.15. The van der Waals surface area contributed by atoms with Crippen LogP contribution in [0.5, 0.6) is 0 Å². The van der Waals surface area contributed by atoms with Gasteiger partial charge in [0.2, 0.25) is 0 Å². The molecule has 0 N–H and O–H groups in total. The minimum absolute atomic E-state index is 0.266. The fourth-order valence-corrected chi connectivity index (χ4v) is 2.07. The van der Waals surface area contributed by atoms with Gasteiger partial charge in [0.15, 0.2) is 11.6 Å². The first-order valence-corrected chi connectivity index (χ1v) is 5.49. The molecule has 0 unspecified atom stereocenters. The molecule has 2 aromatic rings. The molecule has 0 fully saturated rings. The van der Waals surface area contributed by atoms with Crippen LogP contribution < -0.4 is 10.6 Å². The van der Waals surface area contributed by atoms with E-state index in [2.05, 4.69) is 4.99 Å². The van der Waals surface area contributed by atoms with Crippen molar-refractivity contribution in [2.45, 2.75) is 0 Å². The molecule has 1 aliphatic rings. The summed E-state index contributed by atoms with van der Waals surface area (Å²) in [7, 11) is 0. The van der Waals surface area contributed by atoms with E-state index in [0.717, 1.165) is 16.1 Å². The second-order valence-corrected chi connectivity index (χ2v) is 3.96. The van der Waals surface area contributed by atoms with Gasteiger partial charge in [0.1, 0.15) is 5.82 Å². The summed E-state index contributed by atoms with van der Waals surface area (Å²) in [6, 6.07) is 13.5. The quantitative estimate of drug-likeness (QED) is 0.689. The van der Waals surface area contributed by atoms with Crippen molar-refractivity contribution in [2.75, 3.05) is 0 Å². The van der Waals surface area contributed by atoms with Gasteiger partial charge >= 0.3 is 0 Å². The molecule has 3 rings (SSSR count). The summed E-state index contributed by atoms with van der Waals surface area (Å²) in [5, 5.41) is 1.62. The average Bonchev–Trinajstić information content (AvgIpc) is 2.78. The van der Waals surface area contributed by atoms with Gasteiger partial charge in [0.05, 0.1) is 5.36 Å². The van der Waals surface area contributed by atoms with E-state index in [4.69, 9.17) is 0 Å². The third-order valence-corrected chi connectivity index (χ3v) is 2.87. The number of allylic oxidation sites excluding steroid dienone is 1. The van der Waals surface area contributed by atoms with Crippen LogP contribution in [0.1, 0.15) is 5.56 Å². The van der Waals surface area contributed by atoms with Gasteiger partial charge in [0, 0.05) is 10.8 Å². The predicted octanol–water partition coefficient (Wildman–Crippen LogP) is 1.37. The second-order valence-electron chi connectivity index (χ2n) is 3.96. The summed E-state index contributed by atoms with van der Waals surface area (Å²) >= 11 is 0. The average molecular weight is 237 g/mol. The Hall–Kier alpha value is -2.51. The molecule has 1 aliphatic heterocycles. The van der Waals surface area contributed by atoms with E-state index >= 15 is 0 Å². The van der Waals surface area contributed by atoms with Crippen LogP contribution in [0, 0.1) is 5.82 Å². The van der Waals surface area contributed by atoms with Gasteiger partial charge in [-0.25, -0.2) is 14.2 Å². The van der Waals surface area contributed by atoms with E-state index in [0.29, 0.717) is 5.57 Å². The highest BCUT2D eigenvalue weighted by Crippen LogP contribution is 2.20. The fraction of sp³-hybridized carbons (Fsp3) is 0. The number of halogens is 1. The lowest BCUT2D eigenvalue weighted by Gasteiger charge is -2.01. The lowest BCUT2D eigenvalue weighted by Crippen LogP contribution is -2.22. The van der Waals surface area contributed by atoms with E-state index in [-0.39, 0.29) is 11.5 Å². The Kier molecular flexibility index (Phi) is 2.40. The molecule has 2 nitrogen and oxygen atoms in total. The zero-order valence-electron chi connectivity index (χ0n) is 9.35. The van der Waals surface area contributed by atoms with Gasteiger partial charge in [-0.05, 0) is 23.8 Å². The molecule has 0 atom stereocenters. The Morgan fingerprint density at radius 2 is 1.72 bits per heavy atom. The van der Waals surface area contributed by atoms with Crippen molar-refractivity contribution in [3.63, 3.8) is 0 Å². The third kappa shape index (κ3) is 1.58. The summed E-state index contributed by atoms with van der Waals surface area (Å²) in [6.45, 7) is 0. The molecule has 0 aliphatic carbocycles. The maximum atomic E-state index is 12.9. The van der Waals surface area contributed by atoms with Crippen LogP contribution in [-0.4, -0.2) is 5.94 Å². The normalized spacial score (nSPS) is 12.9. The minimum Gasteiger partial charge on any atom is -0.236 e. The Morgan fingerprint density at radius 3 is 2.44 bits per heavy atom. The van der Waals surface area contributed by atoms with E-state index in [1.807, 2.05) is 30.2 Å². The van der Waals surface area contributed by atoms with Crippen molar-refractivity contribution < 1.29 is 9.18 Å². The molecule has 3 heteroatoms. The van der Waals surface area contributed by atoms with Crippen molar-refractivity contribution in [2.24, 2.45) is 4.99 Å². The van der Waals surface area contributed by atoms with Gasteiger partial charge in [-0.2, -0.15) is 0 Å². The van der Waals surface area contributed by atoms with Crippen LogP contribution in [0.4, 0.5) is 4.39 Å². The van der Waals surface area contributed by atoms with E-state index in [1.165, 1.54) is 12.1 Å². The molecule has 86 valence electrons. The first kappa shape index (κ1) is 10.6. The predicted molar refractivity (Wildman–Crippen MR) is 65.3 cm³/mol. The van der Waals surface area contributed by atoms with Gasteiger partial charge in [-0.1, -0.05) is 30.3 Å². The maximum Gasteiger partial charge on any atom is 0.156 e. The summed E-state index contributed by atoms with van der Waals surface area (Å²) in [4.78, 5) is 15.2. The van der Waals surface area contributed by atoms with Crippen molar-refractivity contribution >= 4 is 11.5 Å². The van der Waals surface area contributed by atoms with Gasteiger partial charge in [0.25, 0.3) is 0 Å². The Labute approximate surface area is 102 Å². The molecular weight excluding hydrogens is 229 g/mol. The van der Waals surface area contributed by atoms with Crippen molar-refractivity contribution in [1.29, 1.82) is 0 Å². The number of nitrogens with zero attached hydrogens (tertiary/aromatic N) is 1. The molecule has 0 bridgehead atoms. The first-order chi connectivity index (χ1) is 8.79. The summed E-state index contributed by atoms with van der Waals surface area (Å²) in [5.74, 6) is 1.54. The molecule has 1 heterocycles. The van der Waals surface area contributed by atoms with Crippen LogP contribution in [0.15, 0.2) is 59.2 Å². The number of hydrogen-bond donors (Lipinski definition) is 0. The summed E-state index contributed by atoms with van der Waals surface area (Å²) in [6.07, 6.45) is 0. The Morgan fingerprint density at radius 1 is 1.00 bits per heavy atom. The molecule has 0 saturated heterocycles. The standard InChI is InChI=1S/C15H8FNO/c16-11-7-5-10(6-8-11)15-12-3-1-2-4-13(12)17-14(15)9-18/h1-8H. The SMILES string of the molecule is O=C=C1N=c2ccccc2=C1c1ccc(F)cc1. The van der Waals surface area contributed by atoms with E-state index < -0.39 is 0 Å². The van der Waals surface area contributed by atoms with E-state index in [1.54, 1.807) is 12.1 Å². The molecule has 0 spiro atoms. The van der Waals surface area contributed by atoms with E-state index in [9.17, 15) is 9.18 Å². The van der Waals surface area contributed by atoms with Crippen LogP contribution in [0.25, 0.3) is 5.57 Å². The highest BCUT2D eigenvalue weighted by molar-refractivity contribution is 5.87. The number of rotatable bonds is 1. The smallest absolute Gasteiger partial charge is 0.156 e. The zero-order chi connectivity index (χ0) is 12.5. The summed E-state index contributed by atoms with van der Waals surface area (Å²) in [5.41, 5.74) is 1.74. The molecule has 0 amide bonds. The lowest BCUT2D eigenvalue weighted by atomic mass is 10.0. The van der Waals surface area contributed by atoms with Crippen molar-refractivity contribution in [3.8, 4) is 0 Å². The van der Waals surface area contributed by atoms with Crippen molar-refractivity contribution in [1.82, 2.24) is 0 Å². The zero-order valence-corrected chi connectivity index (χ0v) is 9.35. The van der Waals surface area contributed by atoms with Crippen molar-refractivity contribution in [3.05, 3.63) is 76.2 Å². The molecule has 0 saturated carbocycles. The van der Waals surface area contributed by atoms with Gasteiger partial charge in [-0.15, -0.1) is 0 Å². The molecule has 18 heavy (non-hydrogen) atoms. The lowest BCUT2D eigenvalue weighted by molar-refractivity contribution is 0.567. The number of fused-ring (bicyclic) bond motifs is 1. The van der Waals surface area contributed by atoms with Crippen LogP contribution in [0.2, 0.25) is 0 Å². The summed E-state index contributed by atoms with van der Waals surface area (Å²) < 4.78 is 12.9. The monoisotopic (exact) mass is 237 g/mol. The van der Waals surface area contributed by atoms with Crippen LogP contribution in [-0.2, 0) is 4.79 Å². The highest BCUT2D eigenvalue weighted by atomic mass is 19.1. The van der Waals surface area contributed by atoms with Crippen LogP contribution in [0.3, 0.4) is 0 Å².